The van der Waals surface area contributed by atoms with Crippen LogP contribution in [0.5, 0.6) is 5.75 Å². The molecule has 0 atom stereocenters. The van der Waals surface area contributed by atoms with Crippen molar-refractivity contribution in [3.8, 4) is 5.75 Å². The molecular formula is C23H33N5O3. The van der Waals surface area contributed by atoms with Gasteiger partial charge in [-0.15, -0.1) is 0 Å². The van der Waals surface area contributed by atoms with Gasteiger partial charge in [-0.2, -0.15) is 0 Å². The van der Waals surface area contributed by atoms with Crippen molar-refractivity contribution in [3.63, 3.8) is 0 Å². The number of unbranched alkanes of at least 4 members (excludes halogenated alkanes) is 1. The van der Waals surface area contributed by atoms with Crippen molar-refractivity contribution in [2.75, 3.05) is 20.2 Å². The predicted molar refractivity (Wildman–Crippen MR) is 123 cm³/mol. The smallest absolute Gasteiger partial charge is 0.330 e. The normalized spacial score (nSPS) is 11.5. The quantitative estimate of drug-likeness (QED) is 0.538. The molecule has 2 aromatic heterocycles. The van der Waals surface area contributed by atoms with Crippen molar-refractivity contribution in [2.24, 2.45) is 0 Å². The summed E-state index contributed by atoms with van der Waals surface area (Å²) >= 11 is 0. The molecule has 0 amide bonds. The Morgan fingerprint density at radius 3 is 2.45 bits per heavy atom. The number of rotatable bonds is 10. The molecule has 0 fully saturated rings. The van der Waals surface area contributed by atoms with E-state index in [0.717, 1.165) is 24.4 Å². The minimum atomic E-state index is -0.395. The van der Waals surface area contributed by atoms with E-state index in [0.29, 0.717) is 43.9 Å². The molecule has 0 bridgehead atoms. The highest BCUT2D eigenvalue weighted by Gasteiger charge is 2.18. The fraction of sp³-hybridized carbons (Fsp3) is 0.522. The molecule has 0 unspecified atom stereocenters. The summed E-state index contributed by atoms with van der Waals surface area (Å²) in [5.41, 5.74) is 2.52. The van der Waals surface area contributed by atoms with Gasteiger partial charge in [0.25, 0.3) is 5.56 Å². The van der Waals surface area contributed by atoms with Crippen LogP contribution in [0.25, 0.3) is 11.2 Å². The Morgan fingerprint density at radius 2 is 1.81 bits per heavy atom. The van der Waals surface area contributed by atoms with Gasteiger partial charge in [-0.25, -0.2) is 9.78 Å². The number of hydrogen-bond donors (Lipinski definition) is 1. The topological polar surface area (TPSA) is 85.2 Å². The van der Waals surface area contributed by atoms with E-state index >= 15 is 0 Å². The second-order valence-electron chi connectivity index (χ2n) is 8.12. The van der Waals surface area contributed by atoms with E-state index in [2.05, 4.69) is 36.7 Å². The maximum atomic E-state index is 12.5. The van der Waals surface area contributed by atoms with Crippen molar-refractivity contribution >= 4 is 11.2 Å². The first-order chi connectivity index (χ1) is 14.8. The first-order valence-electron chi connectivity index (χ1n) is 11.0. The van der Waals surface area contributed by atoms with Gasteiger partial charge in [0.05, 0.1) is 6.54 Å². The second kappa shape index (κ2) is 9.96. The Labute approximate surface area is 182 Å². The van der Waals surface area contributed by atoms with Gasteiger partial charge in [0.15, 0.2) is 11.2 Å². The van der Waals surface area contributed by atoms with Gasteiger partial charge >= 0.3 is 5.69 Å². The molecule has 2 heterocycles. The van der Waals surface area contributed by atoms with E-state index in [1.165, 1.54) is 11.1 Å². The highest BCUT2D eigenvalue weighted by molar-refractivity contribution is 5.71. The fourth-order valence-electron chi connectivity index (χ4n) is 3.86. The molecule has 3 rings (SSSR count). The van der Waals surface area contributed by atoms with Gasteiger partial charge < -0.3 is 9.30 Å². The van der Waals surface area contributed by atoms with Crippen LogP contribution in [0.4, 0.5) is 0 Å². The van der Waals surface area contributed by atoms with Crippen LogP contribution >= 0.6 is 0 Å². The number of nitrogens with one attached hydrogen (secondary N) is 1. The molecule has 3 aromatic rings. The van der Waals surface area contributed by atoms with Crippen molar-refractivity contribution in [3.05, 3.63) is 56.0 Å². The molecule has 168 valence electrons. The van der Waals surface area contributed by atoms with Crippen LogP contribution in [0, 0.1) is 13.8 Å². The van der Waals surface area contributed by atoms with Gasteiger partial charge in [0, 0.05) is 19.6 Å². The maximum absolute atomic E-state index is 12.5. The van der Waals surface area contributed by atoms with Gasteiger partial charge in [0.2, 0.25) is 0 Å². The van der Waals surface area contributed by atoms with Crippen molar-refractivity contribution < 1.29 is 4.74 Å². The number of aromatic amines is 1. The van der Waals surface area contributed by atoms with Gasteiger partial charge in [-0.05, 0) is 57.5 Å². The minimum Gasteiger partial charge on any atom is -0.492 e. The van der Waals surface area contributed by atoms with Crippen LogP contribution in [0.2, 0.25) is 0 Å². The van der Waals surface area contributed by atoms with Crippen molar-refractivity contribution in [1.82, 2.24) is 24.0 Å². The van der Waals surface area contributed by atoms with E-state index in [1.54, 1.807) is 4.57 Å². The predicted octanol–water partition coefficient (Wildman–Crippen LogP) is 2.83. The molecule has 1 aromatic carbocycles. The number of nitrogens with zero attached hydrogens (tertiary/aromatic N) is 4. The van der Waals surface area contributed by atoms with Crippen molar-refractivity contribution in [1.29, 1.82) is 0 Å². The van der Waals surface area contributed by atoms with Gasteiger partial charge in [0.1, 0.15) is 18.2 Å². The lowest BCUT2D eigenvalue weighted by molar-refractivity contribution is 0.228. The van der Waals surface area contributed by atoms with Crippen LogP contribution in [0.15, 0.2) is 27.8 Å². The van der Waals surface area contributed by atoms with Gasteiger partial charge in [-0.3, -0.25) is 19.2 Å². The number of imidazole rings is 1. The molecule has 0 aliphatic heterocycles. The Hall–Kier alpha value is -2.87. The van der Waals surface area contributed by atoms with E-state index in [9.17, 15) is 9.59 Å². The van der Waals surface area contributed by atoms with Crippen LogP contribution in [0.3, 0.4) is 0 Å². The number of aromatic nitrogens is 4. The van der Waals surface area contributed by atoms with E-state index in [1.807, 2.05) is 30.7 Å². The molecule has 0 saturated carbocycles. The zero-order chi connectivity index (χ0) is 22.5. The molecule has 8 heteroatoms. The lowest BCUT2D eigenvalue weighted by Gasteiger charge is -2.17. The zero-order valence-electron chi connectivity index (χ0n) is 19.2. The molecule has 0 aliphatic carbocycles. The number of aryl methyl sites for hydroxylation is 4. The zero-order valence-corrected chi connectivity index (χ0v) is 19.2. The summed E-state index contributed by atoms with van der Waals surface area (Å²) < 4.78 is 9.40. The number of benzene rings is 1. The number of hydrogen-bond acceptors (Lipinski definition) is 5. The van der Waals surface area contributed by atoms with Crippen LogP contribution in [-0.2, 0) is 19.6 Å². The van der Waals surface area contributed by atoms with Crippen LogP contribution in [0.1, 0.15) is 43.6 Å². The number of likely N-dealkylation sites (N-methyl/N-ethyl adjacent to an activating group) is 1. The number of ether oxygens (including phenoxy) is 1. The molecule has 0 radical (unpaired) electrons. The molecule has 0 spiro atoms. The maximum Gasteiger partial charge on any atom is 0.330 e. The fourth-order valence-corrected chi connectivity index (χ4v) is 3.86. The summed E-state index contributed by atoms with van der Waals surface area (Å²) in [6, 6.07) is 6.19. The standard InChI is InChI=1S/C23H33N5O3/c1-6-8-9-28-21-20(22(29)25-23(28)30)27(7-2)19(24-21)15-26(5)10-11-31-18-13-16(3)12-17(4)14-18/h12-14H,6-11,15H2,1-5H3,(H,25,29,30). The molecule has 1 N–H and O–H groups in total. The van der Waals surface area contributed by atoms with Crippen LogP contribution < -0.4 is 16.0 Å². The molecular weight excluding hydrogens is 394 g/mol. The monoisotopic (exact) mass is 427 g/mol. The number of H-pyrrole nitrogens is 1. The summed E-state index contributed by atoms with van der Waals surface area (Å²) in [6.07, 6.45) is 1.81. The SMILES string of the molecule is CCCCn1c(=O)[nH]c(=O)c2c1nc(CN(C)CCOc1cc(C)cc(C)c1)n2CC. The third kappa shape index (κ3) is 5.25. The summed E-state index contributed by atoms with van der Waals surface area (Å²) in [7, 11) is 2.00. The molecule has 8 nitrogen and oxygen atoms in total. The Balaban J connectivity index is 1.77. The summed E-state index contributed by atoms with van der Waals surface area (Å²) in [6.45, 7) is 11.1. The highest BCUT2D eigenvalue weighted by atomic mass is 16.5. The Morgan fingerprint density at radius 1 is 1.10 bits per heavy atom. The summed E-state index contributed by atoms with van der Waals surface area (Å²) in [5, 5.41) is 0. The largest absolute Gasteiger partial charge is 0.492 e. The van der Waals surface area contributed by atoms with Crippen molar-refractivity contribution in [2.45, 2.75) is 60.2 Å². The molecule has 31 heavy (non-hydrogen) atoms. The minimum absolute atomic E-state index is 0.380. The third-order valence-corrected chi connectivity index (χ3v) is 5.36. The average molecular weight is 428 g/mol. The third-order valence-electron chi connectivity index (χ3n) is 5.36. The van der Waals surface area contributed by atoms with Crippen LogP contribution in [-0.4, -0.2) is 44.2 Å². The lowest BCUT2D eigenvalue weighted by Crippen LogP contribution is -2.31. The van der Waals surface area contributed by atoms with E-state index < -0.39 is 5.69 Å². The van der Waals surface area contributed by atoms with E-state index in [-0.39, 0.29) is 5.56 Å². The lowest BCUT2D eigenvalue weighted by atomic mass is 10.1. The highest BCUT2D eigenvalue weighted by Crippen LogP contribution is 2.17. The average Bonchev–Trinajstić information content (AvgIpc) is 3.05. The summed E-state index contributed by atoms with van der Waals surface area (Å²) in [4.78, 5) is 34.1. The number of fused-ring (bicyclic) bond motifs is 1. The molecule has 0 saturated heterocycles. The summed E-state index contributed by atoms with van der Waals surface area (Å²) in [5.74, 6) is 1.64. The Kier molecular flexibility index (Phi) is 7.33. The Bertz CT molecular complexity index is 1140. The second-order valence-corrected chi connectivity index (χ2v) is 8.12. The van der Waals surface area contributed by atoms with E-state index in [4.69, 9.17) is 9.72 Å². The molecule has 0 aliphatic rings. The van der Waals surface area contributed by atoms with Gasteiger partial charge in [-0.1, -0.05) is 19.4 Å². The first kappa shape index (κ1) is 22.8. The first-order valence-corrected chi connectivity index (χ1v) is 11.0.